The van der Waals surface area contributed by atoms with Crippen LogP contribution in [0.2, 0.25) is 5.02 Å². The summed E-state index contributed by atoms with van der Waals surface area (Å²) in [6, 6.07) is 3.99. The maximum atomic E-state index is 12.6. The molecule has 0 bridgehead atoms. The van der Waals surface area contributed by atoms with Gasteiger partial charge in [0.25, 0.3) is 5.91 Å². The number of amides is 1. The van der Waals surface area contributed by atoms with Crippen LogP contribution >= 0.6 is 11.6 Å². The van der Waals surface area contributed by atoms with E-state index in [9.17, 15) is 13.2 Å². The van der Waals surface area contributed by atoms with Gasteiger partial charge < -0.3 is 10.1 Å². The number of halogens is 1. The molecule has 0 heterocycles. The molecule has 1 aromatic rings. The SMILES string of the molecule is CC(C)N(C)S(=O)(=O)c1ccc(Cl)c(C(=O)NCCCOCC2CC2)c1. The molecule has 146 valence electrons. The predicted molar refractivity (Wildman–Crippen MR) is 102 cm³/mol. The standard InChI is InChI=1S/C18H27ClN2O4S/c1-13(2)21(3)26(23,24)15-7-8-17(19)16(11-15)18(22)20-9-4-10-25-12-14-5-6-14/h7-8,11,13-14H,4-6,9-10,12H2,1-3H3,(H,20,22). The van der Waals surface area contributed by atoms with E-state index in [4.69, 9.17) is 16.3 Å². The minimum absolute atomic E-state index is 0.0519. The minimum atomic E-state index is -3.67. The fourth-order valence-corrected chi connectivity index (χ4v) is 3.89. The van der Waals surface area contributed by atoms with Gasteiger partial charge in [-0.3, -0.25) is 4.79 Å². The average Bonchev–Trinajstić information content (AvgIpc) is 3.41. The smallest absolute Gasteiger partial charge is 0.252 e. The Hall–Kier alpha value is -1.15. The number of hydrogen-bond donors (Lipinski definition) is 1. The molecule has 1 aliphatic carbocycles. The quantitative estimate of drug-likeness (QED) is 0.610. The van der Waals surface area contributed by atoms with Crippen LogP contribution in [-0.2, 0) is 14.8 Å². The number of nitrogens with one attached hydrogen (secondary N) is 1. The lowest BCUT2D eigenvalue weighted by Crippen LogP contribution is -2.33. The van der Waals surface area contributed by atoms with Crippen LogP contribution in [0.3, 0.4) is 0 Å². The van der Waals surface area contributed by atoms with Gasteiger partial charge in [-0.1, -0.05) is 11.6 Å². The van der Waals surface area contributed by atoms with Crippen LogP contribution in [-0.4, -0.2) is 51.5 Å². The summed E-state index contributed by atoms with van der Waals surface area (Å²) < 4.78 is 32.0. The summed E-state index contributed by atoms with van der Waals surface area (Å²) in [5, 5.41) is 2.98. The summed E-state index contributed by atoms with van der Waals surface area (Å²) >= 11 is 6.09. The van der Waals surface area contributed by atoms with Crippen LogP contribution in [0, 0.1) is 5.92 Å². The van der Waals surface area contributed by atoms with Crippen LogP contribution in [0.5, 0.6) is 0 Å². The normalized spacial score (nSPS) is 14.8. The van der Waals surface area contributed by atoms with Crippen molar-refractivity contribution in [1.29, 1.82) is 0 Å². The average molecular weight is 403 g/mol. The Balaban J connectivity index is 1.95. The van der Waals surface area contributed by atoms with E-state index < -0.39 is 10.0 Å². The van der Waals surface area contributed by atoms with Gasteiger partial charge in [-0.05, 0) is 57.2 Å². The van der Waals surface area contributed by atoms with E-state index in [1.54, 1.807) is 13.8 Å². The van der Waals surface area contributed by atoms with Crippen LogP contribution in [0.15, 0.2) is 23.1 Å². The van der Waals surface area contributed by atoms with Gasteiger partial charge in [-0.2, -0.15) is 4.31 Å². The molecule has 0 atom stereocenters. The first-order valence-corrected chi connectivity index (χ1v) is 10.7. The molecule has 1 aliphatic rings. The van der Waals surface area contributed by atoms with Gasteiger partial charge >= 0.3 is 0 Å². The van der Waals surface area contributed by atoms with E-state index in [1.807, 2.05) is 0 Å². The van der Waals surface area contributed by atoms with E-state index in [0.717, 1.165) is 12.5 Å². The number of rotatable bonds is 10. The Morgan fingerprint density at radius 2 is 2.08 bits per heavy atom. The highest BCUT2D eigenvalue weighted by Gasteiger charge is 2.25. The Kier molecular flexibility index (Phi) is 7.46. The van der Waals surface area contributed by atoms with Gasteiger partial charge in [0, 0.05) is 32.8 Å². The van der Waals surface area contributed by atoms with Crippen molar-refractivity contribution >= 4 is 27.5 Å². The lowest BCUT2D eigenvalue weighted by atomic mass is 10.2. The molecular weight excluding hydrogens is 376 g/mol. The third-order valence-electron chi connectivity index (χ3n) is 4.39. The number of carbonyl (C=O) groups is 1. The molecule has 1 amide bonds. The summed E-state index contributed by atoms with van der Waals surface area (Å²) in [6.07, 6.45) is 3.20. The van der Waals surface area contributed by atoms with Crippen molar-refractivity contribution in [3.8, 4) is 0 Å². The van der Waals surface area contributed by atoms with Crippen molar-refractivity contribution in [2.45, 2.75) is 44.0 Å². The summed E-state index contributed by atoms with van der Waals surface area (Å²) in [6.45, 7) is 5.41. The summed E-state index contributed by atoms with van der Waals surface area (Å²) in [5.74, 6) is 0.332. The molecule has 1 fully saturated rings. The van der Waals surface area contributed by atoms with Gasteiger partial charge in [0.1, 0.15) is 0 Å². The molecule has 1 N–H and O–H groups in total. The number of carbonyl (C=O) groups excluding carboxylic acids is 1. The molecule has 2 rings (SSSR count). The molecule has 0 saturated heterocycles. The summed E-state index contributed by atoms with van der Waals surface area (Å²) in [7, 11) is -2.16. The number of sulfonamides is 1. The summed E-state index contributed by atoms with van der Waals surface area (Å²) in [4.78, 5) is 12.4. The molecule has 0 aromatic heterocycles. The van der Waals surface area contributed by atoms with E-state index in [-0.39, 0.29) is 27.4 Å². The number of benzene rings is 1. The topological polar surface area (TPSA) is 75.7 Å². The van der Waals surface area contributed by atoms with Crippen molar-refractivity contribution in [2.24, 2.45) is 5.92 Å². The molecule has 26 heavy (non-hydrogen) atoms. The van der Waals surface area contributed by atoms with E-state index in [0.29, 0.717) is 19.6 Å². The first kappa shape index (κ1) is 21.2. The van der Waals surface area contributed by atoms with Crippen LogP contribution in [0.25, 0.3) is 0 Å². The third kappa shape index (κ3) is 5.67. The summed E-state index contributed by atoms with van der Waals surface area (Å²) in [5.41, 5.74) is 0.156. The molecule has 1 saturated carbocycles. The fraction of sp³-hybridized carbons (Fsp3) is 0.611. The van der Waals surface area contributed by atoms with Crippen LogP contribution in [0.1, 0.15) is 43.5 Å². The Bertz CT molecular complexity index is 733. The Labute approximate surface area is 160 Å². The second kappa shape index (κ2) is 9.17. The molecule has 0 aliphatic heterocycles. The lowest BCUT2D eigenvalue weighted by Gasteiger charge is -2.21. The first-order valence-electron chi connectivity index (χ1n) is 8.87. The van der Waals surface area contributed by atoms with Crippen molar-refractivity contribution in [1.82, 2.24) is 9.62 Å². The first-order chi connectivity index (χ1) is 12.2. The lowest BCUT2D eigenvalue weighted by molar-refractivity contribution is 0.0937. The molecule has 0 spiro atoms. The second-order valence-corrected chi connectivity index (χ2v) is 9.29. The van der Waals surface area contributed by atoms with Crippen molar-refractivity contribution < 1.29 is 17.9 Å². The number of nitrogens with zero attached hydrogens (tertiary/aromatic N) is 1. The van der Waals surface area contributed by atoms with Crippen molar-refractivity contribution in [3.63, 3.8) is 0 Å². The molecule has 6 nitrogen and oxygen atoms in total. The van der Waals surface area contributed by atoms with E-state index in [1.165, 1.54) is 42.4 Å². The molecule has 8 heteroatoms. The van der Waals surface area contributed by atoms with Gasteiger partial charge in [-0.15, -0.1) is 0 Å². The predicted octanol–water partition coefficient (Wildman–Crippen LogP) is 2.92. The van der Waals surface area contributed by atoms with Crippen LogP contribution < -0.4 is 5.32 Å². The Morgan fingerprint density at radius 1 is 1.38 bits per heavy atom. The van der Waals surface area contributed by atoms with Crippen molar-refractivity contribution in [3.05, 3.63) is 28.8 Å². The zero-order chi connectivity index (χ0) is 19.3. The molecule has 0 unspecified atom stereocenters. The largest absolute Gasteiger partial charge is 0.381 e. The van der Waals surface area contributed by atoms with Gasteiger partial charge in [0.05, 0.1) is 15.5 Å². The molecular formula is C18H27ClN2O4S. The third-order valence-corrected chi connectivity index (χ3v) is 6.75. The monoisotopic (exact) mass is 402 g/mol. The van der Waals surface area contributed by atoms with Gasteiger partial charge in [0.2, 0.25) is 10.0 Å². The van der Waals surface area contributed by atoms with Crippen molar-refractivity contribution in [2.75, 3.05) is 26.8 Å². The highest BCUT2D eigenvalue weighted by molar-refractivity contribution is 7.89. The second-order valence-electron chi connectivity index (χ2n) is 6.88. The Morgan fingerprint density at radius 3 is 2.69 bits per heavy atom. The van der Waals surface area contributed by atoms with Crippen LogP contribution in [0.4, 0.5) is 0 Å². The highest BCUT2D eigenvalue weighted by atomic mass is 35.5. The number of hydrogen-bond acceptors (Lipinski definition) is 4. The maximum Gasteiger partial charge on any atom is 0.252 e. The minimum Gasteiger partial charge on any atom is -0.381 e. The van der Waals surface area contributed by atoms with Gasteiger partial charge in [-0.25, -0.2) is 8.42 Å². The van der Waals surface area contributed by atoms with E-state index in [2.05, 4.69) is 5.32 Å². The zero-order valence-corrected chi connectivity index (χ0v) is 17.1. The fourth-order valence-electron chi connectivity index (χ4n) is 2.29. The van der Waals surface area contributed by atoms with Gasteiger partial charge in [0.15, 0.2) is 0 Å². The molecule has 1 aromatic carbocycles. The number of ether oxygens (including phenoxy) is 1. The van der Waals surface area contributed by atoms with E-state index >= 15 is 0 Å². The zero-order valence-electron chi connectivity index (χ0n) is 15.5. The maximum absolute atomic E-state index is 12.6. The highest BCUT2D eigenvalue weighted by Crippen LogP contribution is 2.28. The molecule has 0 radical (unpaired) electrons.